The van der Waals surface area contributed by atoms with E-state index >= 15 is 0 Å². The van der Waals surface area contributed by atoms with Crippen molar-refractivity contribution in [3.05, 3.63) is 41.7 Å². The Morgan fingerprint density at radius 3 is 2.80 bits per heavy atom. The van der Waals surface area contributed by atoms with Crippen LogP contribution in [-0.4, -0.2) is 45.4 Å². The zero-order chi connectivity index (χ0) is 20.4. The van der Waals surface area contributed by atoms with Crippen LogP contribution in [0.15, 0.2) is 30.5 Å². The summed E-state index contributed by atoms with van der Waals surface area (Å²) >= 11 is 0. The van der Waals surface area contributed by atoms with Crippen LogP contribution in [0.2, 0.25) is 0 Å². The van der Waals surface area contributed by atoms with Gasteiger partial charge in [-0.15, -0.1) is 5.10 Å². The molecular formula is C23H31N5O2. The largest absolute Gasteiger partial charge is 0.487 e. The fourth-order valence-electron chi connectivity index (χ4n) is 4.82. The summed E-state index contributed by atoms with van der Waals surface area (Å²) in [5.74, 6) is 1.88. The molecule has 0 atom stereocenters. The summed E-state index contributed by atoms with van der Waals surface area (Å²) in [4.78, 5) is 16.0. The summed E-state index contributed by atoms with van der Waals surface area (Å²) in [5.41, 5.74) is 1.54. The molecule has 2 aliphatic heterocycles. The summed E-state index contributed by atoms with van der Waals surface area (Å²) in [5, 5.41) is 11.7. The van der Waals surface area contributed by atoms with Crippen molar-refractivity contribution in [2.75, 3.05) is 19.6 Å². The highest BCUT2D eigenvalue weighted by atomic mass is 16.5. The molecule has 1 N–H and O–H groups in total. The number of piperidine rings is 1. The fourth-order valence-corrected chi connectivity index (χ4v) is 4.82. The van der Waals surface area contributed by atoms with Crippen molar-refractivity contribution in [1.29, 1.82) is 0 Å². The number of ether oxygens (including phenoxy) is 1. The summed E-state index contributed by atoms with van der Waals surface area (Å²) in [7, 11) is 0. The number of aryl methyl sites for hydroxylation is 1. The number of fused-ring (bicyclic) bond motifs is 3. The van der Waals surface area contributed by atoms with E-state index in [1.165, 1.54) is 19.4 Å². The molecule has 1 saturated carbocycles. The number of benzene rings is 1. The van der Waals surface area contributed by atoms with Gasteiger partial charge >= 0.3 is 0 Å². The van der Waals surface area contributed by atoms with Crippen LogP contribution in [0.4, 0.5) is 0 Å². The van der Waals surface area contributed by atoms with Gasteiger partial charge < -0.3 is 15.0 Å². The third-order valence-corrected chi connectivity index (χ3v) is 6.92. The van der Waals surface area contributed by atoms with Crippen LogP contribution in [-0.2, 0) is 24.5 Å². The molecule has 2 bridgehead atoms. The predicted molar refractivity (Wildman–Crippen MR) is 113 cm³/mol. The number of hydrogen-bond donors (Lipinski definition) is 1. The second-order valence-electron chi connectivity index (χ2n) is 9.18. The first-order chi connectivity index (χ1) is 14.7. The summed E-state index contributed by atoms with van der Waals surface area (Å²) in [6.07, 6.45) is 8.41. The summed E-state index contributed by atoms with van der Waals surface area (Å²) < 4.78 is 7.86. The van der Waals surface area contributed by atoms with Gasteiger partial charge in [0.05, 0.1) is 11.6 Å². The molecule has 1 spiro atoms. The second-order valence-corrected chi connectivity index (χ2v) is 9.18. The van der Waals surface area contributed by atoms with Crippen molar-refractivity contribution in [1.82, 2.24) is 25.2 Å². The third kappa shape index (κ3) is 4.36. The third-order valence-electron chi connectivity index (χ3n) is 6.92. The minimum Gasteiger partial charge on any atom is -0.487 e. The van der Waals surface area contributed by atoms with Gasteiger partial charge in [-0.3, -0.25) is 9.48 Å². The Morgan fingerprint density at radius 1 is 1.13 bits per heavy atom. The lowest BCUT2D eigenvalue weighted by molar-refractivity contribution is -0.134. The average molecular weight is 410 g/mol. The van der Waals surface area contributed by atoms with Gasteiger partial charge in [-0.05, 0) is 63.6 Å². The van der Waals surface area contributed by atoms with E-state index in [4.69, 9.17) is 4.74 Å². The lowest BCUT2D eigenvalue weighted by Gasteiger charge is -2.41. The van der Waals surface area contributed by atoms with Crippen LogP contribution in [0.25, 0.3) is 0 Å². The van der Waals surface area contributed by atoms with Crippen LogP contribution < -0.4 is 10.1 Å². The number of rotatable bonds is 2. The van der Waals surface area contributed by atoms with Crippen LogP contribution >= 0.6 is 0 Å². The van der Waals surface area contributed by atoms with Crippen molar-refractivity contribution < 1.29 is 9.53 Å². The number of nitrogens with one attached hydrogen (secondary N) is 1. The van der Waals surface area contributed by atoms with Gasteiger partial charge in [0.1, 0.15) is 18.1 Å². The molecule has 3 heterocycles. The SMILES string of the molecule is O=C1NCc2ccccc2OCc2cn(nn2)CCCC12CCN(CC1CC1)CC2. The molecule has 0 radical (unpaired) electrons. The van der Waals surface area contributed by atoms with Crippen molar-refractivity contribution in [2.45, 2.75) is 58.2 Å². The highest BCUT2D eigenvalue weighted by molar-refractivity contribution is 5.82. The van der Waals surface area contributed by atoms with Gasteiger partial charge in [-0.2, -0.15) is 0 Å². The van der Waals surface area contributed by atoms with Crippen molar-refractivity contribution >= 4 is 5.91 Å². The summed E-state index contributed by atoms with van der Waals surface area (Å²) in [6.45, 7) is 4.92. The zero-order valence-corrected chi connectivity index (χ0v) is 17.6. The Hall–Kier alpha value is -2.41. The van der Waals surface area contributed by atoms with Crippen molar-refractivity contribution in [3.63, 3.8) is 0 Å². The zero-order valence-electron chi connectivity index (χ0n) is 17.6. The van der Waals surface area contributed by atoms with Crippen LogP contribution in [0.1, 0.15) is 49.8 Å². The van der Waals surface area contributed by atoms with Crippen LogP contribution in [0, 0.1) is 11.3 Å². The molecule has 1 amide bonds. The first-order valence-electron chi connectivity index (χ1n) is 11.3. The number of aromatic nitrogens is 3. The molecule has 7 heteroatoms. The van der Waals surface area contributed by atoms with E-state index < -0.39 is 0 Å². The second kappa shape index (κ2) is 8.38. The Kier molecular flexibility index (Phi) is 5.46. The summed E-state index contributed by atoms with van der Waals surface area (Å²) in [6, 6.07) is 7.91. The van der Waals surface area contributed by atoms with Crippen molar-refractivity contribution in [2.24, 2.45) is 11.3 Å². The van der Waals surface area contributed by atoms with E-state index in [1.807, 2.05) is 35.1 Å². The maximum absolute atomic E-state index is 13.4. The van der Waals surface area contributed by atoms with E-state index in [0.29, 0.717) is 13.2 Å². The molecule has 160 valence electrons. The molecule has 0 unspecified atom stereocenters. The molecule has 1 saturated heterocycles. The molecule has 30 heavy (non-hydrogen) atoms. The molecule has 1 aromatic heterocycles. The molecule has 2 fully saturated rings. The van der Waals surface area contributed by atoms with Gasteiger partial charge in [-0.25, -0.2) is 0 Å². The quantitative estimate of drug-likeness (QED) is 0.826. The van der Waals surface area contributed by atoms with E-state index in [0.717, 1.165) is 68.2 Å². The number of carbonyl (C=O) groups excluding carboxylic acids is 1. The lowest BCUT2D eigenvalue weighted by Crippen LogP contribution is -2.49. The first-order valence-corrected chi connectivity index (χ1v) is 11.3. The van der Waals surface area contributed by atoms with Gasteiger partial charge in [0.15, 0.2) is 0 Å². The maximum Gasteiger partial charge on any atom is 0.226 e. The Balaban J connectivity index is 1.35. The number of carbonyl (C=O) groups is 1. The molecule has 5 rings (SSSR count). The minimum absolute atomic E-state index is 0.194. The Labute approximate surface area is 177 Å². The van der Waals surface area contributed by atoms with Crippen molar-refractivity contribution in [3.8, 4) is 5.75 Å². The van der Waals surface area contributed by atoms with E-state index in [1.54, 1.807) is 0 Å². The lowest BCUT2D eigenvalue weighted by atomic mass is 9.73. The molecule has 3 aliphatic rings. The topological polar surface area (TPSA) is 72.3 Å². The normalized spacial score (nSPS) is 22.6. The molecule has 2 aromatic rings. The number of hydrogen-bond acceptors (Lipinski definition) is 5. The fraction of sp³-hybridized carbons (Fsp3) is 0.609. The number of amides is 1. The number of nitrogens with zero attached hydrogens (tertiary/aromatic N) is 4. The monoisotopic (exact) mass is 409 g/mol. The van der Waals surface area contributed by atoms with Gasteiger partial charge in [0, 0.05) is 25.2 Å². The average Bonchev–Trinajstić information content (AvgIpc) is 3.47. The predicted octanol–water partition coefficient (Wildman–Crippen LogP) is 2.76. The first kappa shape index (κ1) is 19.5. The highest BCUT2D eigenvalue weighted by Crippen LogP contribution is 2.39. The molecular weight excluding hydrogens is 378 g/mol. The van der Waals surface area contributed by atoms with E-state index in [-0.39, 0.29) is 11.3 Å². The van der Waals surface area contributed by atoms with Gasteiger partial charge in [0.25, 0.3) is 0 Å². The smallest absolute Gasteiger partial charge is 0.226 e. The van der Waals surface area contributed by atoms with E-state index in [2.05, 4.69) is 20.5 Å². The molecule has 1 aromatic carbocycles. The van der Waals surface area contributed by atoms with Crippen LogP contribution in [0.5, 0.6) is 5.75 Å². The standard InChI is InChI=1S/C23H31N5O2/c29-22-23(9-12-27(13-10-23)15-18-6-7-18)8-3-11-28-16-20(25-26-28)17-30-21-5-2-1-4-19(21)14-24-22/h1-2,4-5,16,18H,3,6-15,17H2,(H,24,29). The minimum atomic E-state index is -0.288. The van der Waals surface area contributed by atoms with Gasteiger partial charge in [0.2, 0.25) is 5.91 Å². The number of para-hydroxylation sites is 1. The Bertz CT molecular complexity index is 883. The van der Waals surface area contributed by atoms with Gasteiger partial charge in [-0.1, -0.05) is 23.4 Å². The Morgan fingerprint density at radius 2 is 1.97 bits per heavy atom. The maximum atomic E-state index is 13.4. The molecule has 7 nitrogen and oxygen atoms in total. The number of likely N-dealkylation sites (tertiary alicyclic amines) is 1. The van der Waals surface area contributed by atoms with E-state index in [9.17, 15) is 4.79 Å². The van der Waals surface area contributed by atoms with Crippen LogP contribution in [0.3, 0.4) is 0 Å². The highest BCUT2D eigenvalue weighted by Gasteiger charge is 2.41. The molecule has 1 aliphatic carbocycles.